The van der Waals surface area contributed by atoms with Crippen molar-refractivity contribution in [2.45, 2.75) is 158 Å². The molecular weight excluding hydrogens is 735 g/mol. The lowest BCUT2D eigenvalue weighted by molar-refractivity contribution is -0.183. The number of nitrogens with one attached hydrogen (secondary N) is 1. The fraction of sp³-hybridized carbons (Fsp3) is 0.635. The lowest BCUT2D eigenvalue weighted by atomic mass is 9.65. The van der Waals surface area contributed by atoms with E-state index in [0.29, 0.717) is 24.0 Å². The number of H-pyrrole nitrogens is 1. The molecule has 5 aliphatic rings. The number of aromatic hydroxyl groups is 1. The van der Waals surface area contributed by atoms with Crippen molar-refractivity contribution in [3.63, 3.8) is 0 Å². The topological polar surface area (TPSA) is 106 Å². The van der Waals surface area contributed by atoms with Crippen LogP contribution in [0.1, 0.15) is 162 Å². The number of aromatic nitrogens is 1. The summed E-state index contributed by atoms with van der Waals surface area (Å²) in [6, 6.07) is 20.7. The molecule has 2 aromatic carbocycles. The van der Waals surface area contributed by atoms with Crippen LogP contribution in [0, 0.1) is 52.3 Å². The maximum atomic E-state index is 12.7. The molecule has 10 atom stereocenters. The standard InChI is InChI=1S/C20H32O2.C11H15NO3.C11H14.C10H14O/c1-5-19(3,4)18(21)22-20(6-2)11-14-10-15(20)17-13-8-7-12(9-13)16(14)17;1-4-11(2,3)10(14)15-9-7-5-6-8(13)12-9;1-8-7-10-5-3-4-6-11(10)9(8)2;1-3-8(2)9-4-6-10(11)7-5-9/h12-17H,5-11H2,1-4H3;5-7H,4H2,1-3H3,(H,12,13);3-6,8-9H,7H2,1-2H3;4-8,11H,3H2,1-2H3. The number of benzene rings is 2. The number of pyridine rings is 1. The SMILES string of the molecule is CC1Cc2ccccc2C1C.CCC(C)(C)C(=O)OC1(CC)CC2CC1C1C3CCC(C3)C21.CCC(C)(C)C(=O)Oc1cccc(=O)[nH]1.CCC(C)c1ccc(O)cc1. The van der Waals surface area contributed by atoms with Crippen LogP contribution in [-0.2, 0) is 20.7 Å². The fourth-order valence-corrected chi connectivity index (χ4v) is 10.7. The molecule has 2 N–H and O–H groups in total. The van der Waals surface area contributed by atoms with Gasteiger partial charge in [0.15, 0.2) is 0 Å². The van der Waals surface area contributed by atoms with E-state index in [2.05, 4.69) is 70.8 Å². The molecule has 0 saturated heterocycles. The van der Waals surface area contributed by atoms with Gasteiger partial charge in [-0.3, -0.25) is 19.4 Å². The minimum atomic E-state index is -0.535. The molecule has 1 aromatic heterocycles. The summed E-state index contributed by atoms with van der Waals surface area (Å²) < 4.78 is 11.4. The number of aromatic amines is 1. The highest BCUT2D eigenvalue weighted by Gasteiger charge is 2.68. The number of fused-ring (bicyclic) bond motifs is 10. The van der Waals surface area contributed by atoms with Crippen molar-refractivity contribution in [3.05, 3.63) is 93.8 Å². The minimum absolute atomic E-state index is 0.0455. The van der Waals surface area contributed by atoms with Crippen molar-refractivity contribution in [2.75, 3.05) is 0 Å². The van der Waals surface area contributed by atoms with Crippen molar-refractivity contribution >= 4 is 11.9 Å². The van der Waals surface area contributed by atoms with Crippen LogP contribution in [0.25, 0.3) is 0 Å². The highest BCUT2D eigenvalue weighted by atomic mass is 16.6. The summed E-state index contributed by atoms with van der Waals surface area (Å²) in [7, 11) is 0. The quantitative estimate of drug-likeness (QED) is 0.165. The second-order valence-electron chi connectivity index (χ2n) is 19.9. The second-order valence-corrected chi connectivity index (χ2v) is 19.9. The molecule has 59 heavy (non-hydrogen) atoms. The summed E-state index contributed by atoms with van der Waals surface area (Å²) in [5, 5.41) is 9.01. The van der Waals surface area contributed by atoms with Crippen LogP contribution < -0.4 is 10.3 Å². The van der Waals surface area contributed by atoms with E-state index in [1.54, 1.807) is 49.2 Å². The Morgan fingerprint density at radius 3 is 2.03 bits per heavy atom. The molecule has 4 bridgehead atoms. The van der Waals surface area contributed by atoms with Gasteiger partial charge in [-0.15, -0.1) is 0 Å². The predicted octanol–water partition coefficient (Wildman–Crippen LogP) is 12.4. The van der Waals surface area contributed by atoms with Crippen LogP contribution in [0.15, 0.2) is 71.5 Å². The third-order valence-electron chi connectivity index (χ3n) is 15.6. The van der Waals surface area contributed by atoms with Gasteiger partial charge in [-0.25, -0.2) is 0 Å². The lowest BCUT2D eigenvalue weighted by Crippen LogP contribution is -2.49. The largest absolute Gasteiger partial charge is 0.508 e. The number of esters is 2. The number of hydrogen-bond donors (Lipinski definition) is 2. The normalized spacial score (nSPS) is 28.7. The molecule has 4 saturated carbocycles. The van der Waals surface area contributed by atoms with Gasteiger partial charge in [0, 0.05) is 12.0 Å². The molecule has 0 amide bonds. The molecule has 7 nitrogen and oxygen atoms in total. The number of carbonyl (C=O) groups is 2. The number of phenols is 1. The molecule has 0 radical (unpaired) electrons. The summed E-state index contributed by atoms with van der Waals surface area (Å²) >= 11 is 0. The first-order chi connectivity index (χ1) is 27.9. The third-order valence-corrected chi connectivity index (χ3v) is 15.6. The van der Waals surface area contributed by atoms with Gasteiger partial charge in [0.05, 0.1) is 10.8 Å². The van der Waals surface area contributed by atoms with Crippen LogP contribution in [0.2, 0.25) is 0 Å². The van der Waals surface area contributed by atoms with Crippen molar-refractivity contribution in [1.29, 1.82) is 0 Å². The summed E-state index contributed by atoms with van der Waals surface area (Å²) in [5.74, 6) is 7.80. The van der Waals surface area contributed by atoms with E-state index in [9.17, 15) is 14.4 Å². The number of carbonyl (C=O) groups excluding carboxylic acids is 2. The summed E-state index contributed by atoms with van der Waals surface area (Å²) in [6.45, 7) is 22.9. The summed E-state index contributed by atoms with van der Waals surface area (Å²) in [6.07, 6.45) is 11.9. The van der Waals surface area contributed by atoms with Gasteiger partial charge >= 0.3 is 11.9 Å². The van der Waals surface area contributed by atoms with Crippen LogP contribution in [0.4, 0.5) is 0 Å². The van der Waals surface area contributed by atoms with Crippen LogP contribution in [0.3, 0.4) is 0 Å². The molecule has 3 aromatic rings. The van der Waals surface area contributed by atoms with Crippen molar-refractivity contribution in [2.24, 2.45) is 52.3 Å². The Morgan fingerprint density at radius 1 is 0.814 bits per heavy atom. The number of ether oxygens (including phenoxy) is 2. The van der Waals surface area contributed by atoms with Gasteiger partial charge in [0.2, 0.25) is 5.88 Å². The van der Waals surface area contributed by atoms with Gasteiger partial charge < -0.3 is 14.6 Å². The van der Waals surface area contributed by atoms with E-state index in [1.165, 1.54) is 43.7 Å². The Kier molecular flexibility index (Phi) is 15.1. The smallest absolute Gasteiger partial charge is 0.318 e. The molecule has 4 fully saturated rings. The maximum Gasteiger partial charge on any atom is 0.318 e. The third kappa shape index (κ3) is 10.4. The zero-order valence-electron chi connectivity index (χ0n) is 38.1. The second kappa shape index (κ2) is 19.2. The molecule has 0 aliphatic heterocycles. The van der Waals surface area contributed by atoms with Crippen molar-refractivity contribution in [3.8, 4) is 11.6 Å². The van der Waals surface area contributed by atoms with E-state index in [-0.39, 0.29) is 34.4 Å². The zero-order chi connectivity index (χ0) is 43.3. The van der Waals surface area contributed by atoms with Gasteiger partial charge in [-0.2, -0.15) is 0 Å². The van der Waals surface area contributed by atoms with Gasteiger partial charge in [0.25, 0.3) is 5.56 Å². The lowest BCUT2D eigenvalue weighted by Gasteiger charge is -2.46. The first-order valence-corrected chi connectivity index (χ1v) is 22.9. The number of rotatable bonds is 9. The van der Waals surface area contributed by atoms with E-state index >= 15 is 0 Å². The molecule has 10 unspecified atom stereocenters. The summed E-state index contributed by atoms with van der Waals surface area (Å²) in [5.41, 5.74) is 3.15. The van der Waals surface area contributed by atoms with Crippen LogP contribution >= 0.6 is 0 Å². The first kappa shape index (κ1) is 46.2. The zero-order valence-corrected chi connectivity index (χ0v) is 38.1. The molecule has 8 rings (SSSR count). The first-order valence-electron chi connectivity index (χ1n) is 22.9. The Morgan fingerprint density at radius 2 is 1.44 bits per heavy atom. The minimum Gasteiger partial charge on any atom is -0.508 e. The monoisotopic (exact) mass is 810 g/mol. The highest BCUT2D eigenvalue weighted by molar-refractivity contribution is 5.78. The average molecular weight is 810 g/mol. The average Bonchev–Trinajstić information content (AvgIpc) is 4.06. The molecule has 5 aliphatic carbocycles. The fourth-order valence-electron chi connectivity index (χ4n) is 10.7. The van der Waals surface area contributed by atoms with E-state index in [0.717, 1.165) is 67.1 Å². The molecular formula is C52H75NO6. The van der Waals surface area contributed by atoms with Gasteiger partial charge in [-0.05, 0) is 174 Å². The molecule has 7 heteroatoms. The van der Waals surface area contributed by atoms with Gasteiger partial charge in [0.1, 0.15) is 11.4 Å². The Labute approximate surface area is 355 Å². The molecule has 324 valence electrons. The van der Waals surface area contributed by atoms with Crippen molar-refractivity contribution in [1.82, 2.24) is 4.98 Å². The Hall–Kier alpha value is -3.87. The van der Waals surface area contributed by atoms with E-state index in [4.69, 9.17) is 14.6 Å². The Bertz CT molecular complexity index is 1910. The number of hydrogen-bond acceptors (Lipinski definition) is 6. The predicted molar refractivity (Wildman–Crippen MR) is 239 cm³/mol. The summed E-state index contributed by atoms with van der Waals surface area (Å²) in [4.78, 5) is 37.7. The molecule has 0 spiro atoms. The maximum absolute atomic E-state index is 12.7. The number of phenolic OH excluding ortho intramolecular Hbond substituents is 1. The van der Waals surface area contributed by atoms with E-state index in [1.807, 2.05) is 32.9 Å². The van der Waals surface area contributed by atoms with Crippen LogP contribution in [0.5, 0.6) is 11.6 Å². The Balaban J connectivity index is 0.000000157. The van der Waals surface area contributed by atoms with Crippen molar-refractivity contribution < 1.29 is 24.2 Å². The van der Waals surface area contributed by atoms with Gasteiger partial charge in [-0.1, -0.05) is 90.9 Å². The highest BCUT2D eigenvalue weighted by Crippen LogP contribution is 2.71. The van der Waals surface area contributed by atoms with E-state index < -0.39 is 5.41 Å². The molecule has 1 heterocycles. The van der Waals surface area contributed by atoms with Crippen LogP contribution in [-0.4, -0.2) is 27.6 Å².